The molecule has 0 amide bonds. The predicted octanol–water partition coefficient (Wildman–Crippen LogP) is 2.55. The van der Waals surface area contributed by atoms with Gasteiger partial charge in [-0.15, -0.1) is 0 Å². The van der Waals surface area contributed by atoms with Gasteiger partial charge in [0.1, 0.15) is 0 Å². The summed E-state index contributed by atoms with van der Waals surface area (Å²) in [6, 6.07) is 10.9. The molecule has 0 bridgehead atoms. The zero-order valence-corrected chi connectivity index (χ0v) is 11.3. The molecule has 1 aromatic carbocycles. The second kappa shape index (κ2) is 8.70. The summed E-state index contributed by atoms with van der Waals surface area (Å²) in [6.45, 7) is 5.12. The van der Waals surface area contributed by atoms with Crippen LogP contribution in [0.5, 0.6) is 0 Å². The average Bonchev–Trinajstić information content (AvgIpc) is 2.38. The molecule has 0 aliphatic rings. The average molecular weight is 249 g/mol. The molecule has 18 heavy (non-hydrogen) atoms. The minimum absolute atomic E-state index is 0.125. The van der Waals surface area contributed by atoms with Crippen LogP contribution in [0.25, 0.3) is 0 Å². The first-order valence-corrected chi connectivity index (χ1v) is 6.65. The van der Waals surface area contributed by atoms with E-state index in [9.17, 15) is 4.79 Å². The van der Waals surface area contributed by atoms with Crippen LogP contribution in [0.3, 0.4) is 0 Å². The Balaban J connectivity index is 2.11. The number of carbonyl (C=O) groups is 1. The second-order valence-corrected chi connectivity index (χ2v) is 4.43. The number of benzene rings is 1. The molecule has 0 saturated heterocycles. The minimum atomic E-state index is -0.125. The van der Waals surface area contributed by atoms with E-state index in [-0.39, 0.29) is 5.97 Å². The second-order valence-electron chi connectivity index (χ2n) is 4.43. The summed E-state index contributed by atoms with van der Waals surface area (Å²) >= 11 is 0. The lowest BCUT2D eigenvalue weighted by Crippen LogP contribution is -2.29. The molecular formula is C15H23NO2. The van der Waals surface area contributed by atoms with E-state index in [1.165, 1.54) is 5.56 Å². The highest BCUT2D eigenvalue weighted by molar-refractivity contribution is 5.69. The van der Waals surface area contributed by atoms with Crippen molar-refractivity contribution in [2.24, 2.45) is 0 Å². The summed E-state index contributed by atoms with van der Waals surface area (Å²) in [5.41, 5.74) is 1.36. The van der Waals surface area contributed by atoms with E-state index in [1.807, 2.05) is 13.0 Å². The van der Waals surface area contributed by atoms with Crippen molar-refractivity contribution in [3.63, 3.8) is 0 Å². The summed E-state index contributed by atoms with van der Waals surface area (Å²) in [6.07, 6.45) is 2.59. The van der Waals surface area contributed by atoms with E-state index in [0.29, 0.717) is 25.6 Å². The minimum Gasteiger partial charge on any atom is -0.466 e. The Labute approximate surface area is 110 Å². The number of hydrogen-bond donors (Lipinski definition) is 1. The number of nitrogens with one attached hydrogen (secondary N) is 1. The summed E-state index contributed by atoms with van der Waals surface area (Å²) in [5.74, 6) is -0.125. The van der Waals surface area contributed by atoms with Crippen LogP contribution in [0, 0.1) is 0 Å². The fourth-order valence-corrected chi connectivity index (χ4v) is 1.78. The van der Waals surface area contributed by atoms with Crippen LogP contribution in [0.1, 0.15) is 32.3 Å². The zero-order valence-electron chi connectivity index (χ0n) is 11.3. The van der Waals surface area contributed by atoms with Crippen molar-refractivity contribution in [1.29, 1.82) is 0 Å². The Morgan fingerprint density at radius 2 is 2.06 bits per heavy atom. The first kappa shape index (κ1) is 14.7. The molecule has 0 spiro atoms. The molecule has 0 saturated carbocycles. The number of ether oxygens (including phenoxy) is 1. The summed E-state index contributed by atoms with van der Waals surface area (Å²) < 4.78 is 4.87. The van der Waals surface area contributed by atoms with Gasteiger partial charge < -0.3 is 10.1 Å². The smallest absolute Gasteiger partial charge is 0.307 e. The Kier molecular flexibility index (Phi) is 7.11. The topological polar surface area (TPSA) is 38.3 Å². The van der Waals surface area contributed by atoms with E-state index < -0.39 is 0 Å². The molecule has 0 radical (unpaired) electrons. The Bertz CT molecular complexity index is 338. The van der Waals surface area contributed by atoms with Crippen molar-refractivity contribution in [2.45, 2.75) is 39.2 Å². The van der Waals surface area contributed by atoms with E-state index in [2.05, 4.69) is 36.5 Å². The maximum Gasteiger partial charge on any atom is 0.307 e. The van der Waals surface area contributed by atoms with Gasteiger partial charge in [-0.05, 0) is 32.3 Å². The summed E-state index contributed by atoms with van der Waals surface area (Å²) in [5, 5.41) is 3.34. The van der Waals surface area contributed by atoms with Gasteiger partial charge in [-0.2, -0.15) is 0 Å². The van der Waals surface area contributed by atoms with Gasteiger partial charge in [-0.25, -0.2) is 0 Å². The van der Waals surface area contributed by atoms with Crippen molar-refractivity contribution in [1.82, 2.24) is 5.32 Å². The third kappa shape index (κ3) is 6.40. The highest BCUT2D eigenvalue weighted by Crippen LogP contribution is 2.04. The lowest BCUT2D eigenvalue weighted by Gasteiger charge is -2.13. The molecule has 1 atom stereocenters. The maximum atomic E-state index is 11.1. The van der Waals surface area contributed by atoms with Crippen LogP contribution in [-0.4, -0.2) is 25.2 Å². The van der Waals surface area contributed by atoms with Gasteiger partial charge in [0, 0.05) is 12.6 Å². The number of rotatable bonds is 8. The van der Waals surface area contributed by atoms with Crippen molar-refractivity contribution in [2.75, 3.05) is 13.2 Å². The fourth-order valence-electron chi connectivity index (χ4n) is 1.78. The zero-order chi connectivity index (χ0) is 13.2. The number of esters is 1. The summed E-state index contributed by atoms with van der Waals surface area (Å²) in [4.78, 5) is 11.1. The SMILES string of the molecule is CCOC(=O)CCN[C@@H](C)CCc1ccccc1. The molecule has 1 aromatic rings. The maximum absolute atomic E-state index is 11.1. The quantitative estimate of drug-likeness (QED) is 0.720. The standard InChI is InChI=1S/C15H23NO2/c1-3-18-15(17)11-12-16-13(2)9-10-14-7-5-4-6-8-14/h4-8,13,16H,3,9-12H2,1-2H3/t13-/m0/s1. The molecule has 0 aromatic heterocycles. The molecule has 0 fully saturated rings. The van der Waals surface area contributed by atoms with Crippen molar-refractivity contribution in [3.8, 4) is 0 Å². The van der Waals surface area contributed by atoms with E-state index in [1.54, 1.807) is 0 Å². The number of aryl methyl sites for hydroxylation is 1. The normalized spacial score (nSPS) is 12.1. The van der Waals surface area contributed by atoms with Gasteiger partial charge in [0.05, 0.1) is 13.0 Å². The highest BCUT2D eigenvalue weighted by atomic mass is 16.5. The van der Waals surface area contributed by atoms with Crippen LogP contribution < -0.4 is 5.32 Å². The molecule has 1 N–H and O–H groups in total. The van der Waals surface area contributed by atoms with Crippen molar-refractivity contribution in [3.05, 3.63) is 35.9 Å². The van der Waals surface area contributed by atoms with Crippen LogP contribution in [-0.2, 0) is 16.0 Å². The molecule has 3 nitrogen and oxygen atoms in total. The third-order valence-corrected chi connectivity index (χ3v) is 2.84. The molecule has 0 heterocycles. The van der Waals surface area contributed by atoms with Gasteiger partial charge in [0.15, 0.2) is 0 Å². The van der Waals surface area contributed by atoms with E-state index in [0.717, 1.165) is 12.8 Å². The van der Waals surface area contributed by atoms with E-state index >= 15 is 0 Å². The van der Waals surface area contributed by atoms with Crippen LogP contribution in [0.15, 0.2) is 30.3 Å². The molecule has 0 unspecified atom stereocenters. The first-order chi connectivity index (χ1) is 8.72. The van der Waals surface area contributed by atoms with Gasteiger partial charge in [0.2, 0.25) is 0 Å². The largest absolute Gasteiger partial charge is 0.466 e. The highest BCUT2D eigenvalue weighted by Gasteiger charge is 2.04. The Hall–Kier alpha value is -1.35. The van der Waals surface area contributed by atoms with Crippen LogP contribution in [0.4, 0.5) is 0 Å². The lowest BCUT2D eigenvalue weighted by molar-refractivity contribution is -0.142. The van der Waals surface area contributed by atoms with Crippen LogP contribution >= 0.6 is 0 Å². The molecule has 1 rings (SSSR count). The van der Waals surface area contributed by atoms with Crippen molar-refractivity contribution >= 4 is 5.97 Å². The number of carbonyl (C=O) groups excluding carboxylic acids is 1. The Morgan fingerprint density at radius 1 is 1.33 bits per heavy atom. The third-order valence-electron chi connectivity index (χ3n) is 2.84. The van der Waals surface area contributed by atoms with Crippen molar-refractivity contribution < 1.29 is 9.53 Å². The van der Waals surface area contributed by atoms with Gasteiger partial charge in [-0.3, -0.25) is 4.79 Å². The lowest BCUT2D eigenvalue weighted by atomic mass is 10.1. The fraction of sp³-hybridized carbons (Fsp3) is 0.533. The van der Waals surface area contributed by atoms with Crippen LogP contribution in [0.2, 0.25) is 0 Å². The van der Waals surface area contributed by atoms with Gasteiger partial charge in [-0.1, -0.05) is 30.3 Å². The van der Waals surface area contributed by atoms with Gasteiger partial charge in [0.25, 0.3) is 0 Å². The first-order valence-electron chi connectivity index (χ1n) is 6.65. The van der Waals surface area contributed by atoms with E-state index in [4.69, 9.17) is 4.74 Å². The summed E-state index contributed by atoms with van der Waals surface area (Å²) in [7, 11) is 0. The van der Waals surface area contributed by atoms with Gasteiger partial charge >= 0.3 is 5.97 Å². The molecule has 0 aliphatic carbocycles. The number of hydrogen-bond acceptors (Lipinski definition) is 3. The molecule has 0 aliphatic heterocycles. The predicted molar refractivity (Wildman–Crippen MR) is 73.5 cm³/mol. The monoisotopic (exact) mass is 249 g/mol. The molecular weight excluding hydrogens is 226 g/mol. The Morgan fingerprint density at radius 3 is 2.72 bits per heavy atom. The molecule has 3 heteroatoms. The molecule has 100 valence electrons.